The number of carbonyl (C=O) groups is 1. The van der Waals surface area contributed by atoms with E-state index >= 15 is 0 Å². The number of hydrogen-bond acceptors (Lipinski definition) is 3. The van der Waals surface area contributed by atoms with E-state index in [0.29, 0.717) is 17.3 Å². The molecule has 0 radical (unpaired) electrons. The molecule has 1 amide bonds. The third-order valence-corrected chi connectivity index (χ3v) is 3.03. The lowest BCUT2D eigenvalue weighted by Crippen LogP contribution is -2.15. The van der Waals surface area contributed by atoms with Crippen LogP contribution >= 0.6 is 11.6 Å². The maximum absolute atomic E-state index is 11.1. The van der Waals surface area contributed by atoms with E-state index in [-0.39, 0.29) is 0 Å². The molecule has 0 atom stereocenters. The van der Waals surface area contributed by atoms with E-state index in [9.17, 15) is 4.79 Å². The van der Waals surface area contributed by atoms with Crippen LogP contribution in [0.5, 0.6) is 0 Å². The Hall–Kier alpha value is -2.04. The van der Waals surface area contributed by atoms with Crippen molar-refractivity contribution < 1.29 is 9.90 Å². The molecule has 0 saturated carbocycles. The molecule has 0 spiro atoms. The summed E-state index contributed by atoms with van der Waals surface area (Å²) >= 11 is 6.15. The predicted molar refractivity (Wildman–Crippen MR) is 80.9 cm³/mol. The van der Waals surface area contributed by atoms with Gasteiger partial charge in [0, 0.05) is 12.2 Å². The average molecular weight is 291 g/mol. The Balaban J connectivity index is 2.01. The lowest BCUT2D eigenvalue weighted by Gasteiger charge is -2.10. The number of nitrogens with one attached hydrogen (secondary N) is 2. The third-order valence-electron chi connectivity index (χ3n) is 2.72. The first-order chi connectivity index (χ1) is 9.69. The molecular weight excluding hydrogens is 276 g/mol. The Morgan fingerprint density at radius 2 is 1.90 bits per heavy atom. The largest absolute Gasteiger partial charge is 0.387 e. The molecule has 0 saturated heterocycles. The van der Waals surface area contributed by atoms with Crippen molar-refractivity contribution in [1.29, 1.82) is 0 Å². The number of rotatable bonds is 5. The average Bonchev–Trinajstić information content (AvgIpc) is 2.47. The van der Waals surface area contributed by atoms with Crippen LogP contribution in [-0.2, 0) is 11.3 Å². The first-order valence-electron chi connectivity index (χ1n) is 6.17. The van der Waals surface area contributed by atoms with Crippen molar-refractivity contribution in [2.24, 2.45) is 0 Å². The van der Waals surface area contributed by atoms with Gasteiger partial charge < -0.3 is 15.7 Å². The predicted octanol–water partition coefficient (Wildman–Crippen LogP) is 2.88. The summed E-state index contributed by atoms with van der Waals surface area (Å²) in [5.41, 5.74) is 2.50. The van der Waals surface area contributed by atoms with Gasteiger partial charge in [0.1, 0.15) is 6.61 Å². The van der Waals surface area contributed by atoms with Crippen LogP contribution in [0.3, 0.4) is 0 Å². The van der Waals surface area contributed by atoms with Gasteiger partial charge in [0.15, 0.2) is 0 Å². The molecule has 2 rings (SSSR count). The number of benzene rings is 2. The molecule has 0 unspecified atom stereocenters. The topological polar surface area (TPSA) is 61.4 Å². The molecule has 104 valence electrons. The zero-order valence-corrected chi connectivity index (χ0v) is 11.5. The van der Waals surface area contributed by atoms with Crippen LogP contribution < -0.4 is 10.6 Å². The van der Waals surface area contributed by atoms with E-state index in [4.69, 9.17) is 16.7 Å². The van der Waals surface area contributed by atoms with Crippen LogP contribution in [0, 0.1) is 0 Å². The number of halogens is 1. The fourth-order valence-electron chi connectivity index (χ4n) is 1.73. The van der Waals surface area contributed by atoms with Crippen molar-refractivity contribution in [3.05, 3.63) is 59.1 Å². The first kappa shape index (κ1) is 14.4. The Morgan fingerprint density at radius 3 is 2.55 bits per heavy atom. The van der Waals surface area contributed by atoms with Gasteiger partial charge in [-0.15, -0.1) is 0 Å². The van der Waals surface area contributed by atoms with Crippen LogP contribution in [-0.4, -0.2) is 17.6 Å². The second-order valence-corrected chi connectivity index (χ2v) is 4.65. The van der Waals surface area contributed by atoms with Gasteiger partial charge in [-0.25, -0.2) is 0 Å². The summed E-state index contributed by atoms with van der Waals surface area (Å²) in [7, 11) is 0. The van der Waals surface area contributed by atoms with Crippen molar-refractivity contribution in [1.82, 2.24) is 0 Å². The van der Waals surface area contributed by atoms with E-state index < -0.39 is 12.5 Å². The van der Waals surface area contributed by atoms with Gasteiger partial charge >= 0.3 is 0 Å². The second-order valence-electron chi connectivity index (χ2n) is 4.24. The summed E-state index contributed by atoms with van der Waals surface area (Å²) < 4.78 is 0. The monoisotopic (exact) mass is 290 g/mol. The smallest absolute Gasteiger partial charge is 0.250 e. The number of anilines is 2. The van der Waals surface area contributed by atoms with Crippen molar-refractivity contribution in [2.45, 2.75) is 6.54 Å². The number of aliphatic hydroxyl groups excluding tert-OH is 1. The molecule has 4 nitrogen and oxygen atoms in total. The quantitative estimate of drug-likeness (QED) is 0.793. The van der Waals surface area contributed by atoms with E-state index in [1.54, 1.807) is 18.2 Å². The molecule has 0 heterocycles. The molecule has 5 heteroatoms. The summed E-state index contributed by atoms with van der Waals surface area (Å²) in [6.07, 6.45) is 0. The Bertz CT molecular complexity index is 588. The second kappa shape index (κ2) is 6.93. The zero-order valence-electron chi connectivity index (χ0n) is 10.8. The molecule has 0 aliphatic carbocycles. The highest BCUT2D eigenvalue weighted by Gasteiger charge is 2.04. The highest BCUT2D eigenvalue weighted by Crippen LogP contribution is 2.26. The fourth-order valence-corrected chi connectivity index (χ4v) is 1.98. The van der Waals surface area contributed by atoms with Crippen LogP contribution in [0.1, 0.15) is 5.56 Å². The minimum absolute atomic E-state index is 0.467. The molecule has 2 aromatic rings. The molecule has 20 heavy (non-hydrogen) atoms. The Kier molecular flexibility index (Phi) is 4.98. The highest BCUT2D eigenvalue weighted by molar-refractivity contribution is 6.33. The van der Waals surface area contributed by atoms with Crippen molar-refractivity contribution in [2.75, 3.05) is 17.2 Å². The molecule has 0 aliphatic rings. The number of carbonyl (C=O) groups excluding carboxylic acids is 1. The van der Waals surface area contributed by atoms with Crippen LogP contribution in [0.2, 0.25) is 5.02 Å². The Morgan fingerprint density at radius 1 is 1.15 bits per heavy atom. The molecule has 0 bridgehead atoms. The minimum atomic E-state index is -0.550. The summed E-state index contributed by atoms with van der Waals surface area (Å²) in [6, 6.07) is 15.1. The number of amides is 1. The van der Waals surface area contributed by atoms with Crippen LogP contribution in [0.25, 0.3) is 0 Å². The highest BCUT2D eigenvalue weighted by atomic mass is 35.5. The normalized spacial score (nSPS) is 10.1. The molecular formula is C15H15ClN2O2. The summed E-state index contributed by atoms with van der Waals surface area (Å²) in [4.78, 5) is 11.1. The molecule has 0 aromatic heterocycles. The maximum atomic E-state index is 11.1. The minimum Gasteiger partial charge on any atom is -0.387 e. The van der Waals surface area contributed by atoms with Crippen molar-refractivity contribution in [3.63, 3.8) is 0 Å². The van der Waals surface area contributed by atoms with E-state index in [1.807, 2.05) is 30.3 Å². The van der Waals surface area contributed by atoms with E-state index in [2.05, 4.69) is 10.6 Å². The maximum Gasteiger partial charge on any atom is 0.250 e. The SMILES string of the molecule is O=C(CO)Nc1ccc(NCc2ccccc2)c(Cl)c1. The molecule has 2 aromatic carbocycles. The lowest BCUT2D eigenvalue weighted by molar-refractivity contribution is -0.118. The van der Waals surface area contributed by atoms with Crippen molar-refractivity contribution >= 4 is 28.9 Å². The molecule has 0 aliphatic heterocycles. The van der Waals surface area contributed by atoms with Gasteiger partial charge in [-0.3, -0.25) is 4.79 Å². The number of aliphatic hydroxyl groups is 1. The van der Waals surface area contributed by atoms with Crippen molar-refractivity contribution in [3.8, 4) is 0 Å². The lowest BCUT2D eigenvalue weighted by atomic mass is 10.2. The molecule has 0 fully saturated rings. The Labute approximate surface area is 122 Å². The standard InChI is InChI=1S/C15H15ClN2O2/c16-13-8-12(18-15(20)10-19)6-7-14(13)17-9-11-4-2-1-3-5-11/h1-8,17,19H,9-10H2,(H,18,20). The van der Waals surface area contributed by atoms with Gasteiger partial charge in [-0.05, 0) is 23.8 Å². The zero-order chi connectivity index (χ0) is 14.4. The summed E-state index contributed by atoms with van der Waals surface area (Å²) in [5, 5.41) is 14.9. The number of hydrogen-bond donors (Lipinski definition) is 3. The molecule has 3 N–H and O–H groups in total. The van der Waals surface area contributed by atoms with Gasteiger partial charge in [0.25, 0.3) is 0 Å². The van der Waals surface area contributed by atoms with Gasteiger partial charge in [-0.2, -0.15) is 0 Å². The van der Waals surface area contributed by atoms with Crippen LogP contribution in [0.4, 0.5) is 11.4 Å². The van der Waals surface area contributed by atoms with Gasteiger partial charge in [-0.1, -0.05) is 41.9 Å². The van der Waals surface area contributed by atoms with E-state index in [1.165, 1.54) is 0 Å². The summed E-state index contributed by atoms with van der Waals surface area (Å²) in [6.45, 7) is 0.120. The van der Waals surface area contributed by atoms with Gasteiger partial charge in [0.2, 0.25) is 5.91 Å². The third kappa shape index (κ3) is 3.98. The fraction of sp³-hybridized carbons (Fsp3) is 0.133. The first-order valence-corrected chi connectivity index (χ1v) is 6.55. The van der Waals surface area contributed by atoms with Crippen LogP contribution in [0.15, 0.2) is 48.5 Å². The van der Waals surface area contributed by atoms with E-state index in [0.717, 1.165) is 11.3 Å². The summed E-state index contributed by atoms with van der Waals surface area (Å²) in [5.74, 6) is -0.467. The van der Waals surface area contributed by atoms with Gasteiger partial charge in [0.05, 0.1) is 10.7 Å².